The van der Waals surface area contributed by atoms with E-state index in [1.807, 2.05) is 13.0 Å². The van der Waals surface area contributed by atoms with Crippen molar-refractivity contribution in [1.29, 1.82) is 0 Å². The van der Waals surface area contributed by atoms with E-state index in [1.165, 1.54) is 9.71 Å². The Kier molecular flexibility index (Phi) is 3.26. The first-order valence-corrected chi connectivity index (χ1v) is 6.45. The summed E-state index contributed by atoms with van der Waals surface area (Å²) in [6.07, 6.45) is 0. The van der Waals surface area contributed by atoms with Crippen LogP contribution < -0.4 is 0 Å². The normalized spacial score (nSPS) is 13.6. The van der Waals surface area contributed by atoms with Gasteiger partial charge in [-0.25, -0.2) is 4.98 Å². The first-order valence-electron chi connectivity index (χ1n) is 5.63. The number of thiazole rings is 1. The lowest BCUT2D eigenvalue weighted by atomic mass is 10.0. The van der Waals surface area contributed by atoms with Crippen LogP contribution >= 0.6 is 11.3 Å². The van der Waals surface area contributed by atoms with Crippen molar-refractivity contribution in [3.63, 3.8) is 0 Å². The molecule has 2 nitrogen and oxygen atoms in total. The van der Waals surface area contributed by atoms with Crippen LogP contribution in [0.4, 0.5) is 0 Å². The molecule has 0 aliphatic rings. The molecule has 1 aromatic heterocycles. The summed E-state index contributed by atoms with van der Waals surface area (Å²) in [5, 5.41) is 10.4. The summed E-state index contributed by atoms with van der Waals surface area (Å²) in [4.78, 5) is 4.69. The van der Waals surface area contributed by atoms with Crippen molar-refractivity contribution in [3.05, 3.63) is 28.8 Å². The number of aliphatic hydroxyl groups is 1. The zero-order valence-corrected chi connectivity index (χ0v) is 10.7. The second-order valence-corrected chi connectivity index (χ2v) is 5.55. The fourth-order valence-corrected chi connectivity index (χ4v) is 2.73. The molecule has 0 fully saturated rings. The largest absolute Gasteiger partial charge is 0.396 e. The number of nitrogens with zero attached hydrogens (tertiary/aromatic N) is 1. The SMILES string of the molecule is CC(C)c1nc2c(C(C)CO)cccc2s1. The number of benzene rings is 1. The van der Waals surface area contributed by atoms with Gasteiger partial charge in [-0.15, -0.1) is 11.3 Å². The predicted octanol–water partition coefficient (Wildman–Crippen LogP) is 3.52. The molecule has 16 heavy (non-hydrogen) atoms. The van der Waals surface area contributed by atoms with Gasteiger partial charge in [-0.2, -0.15) is 0 Å². The number of hydrogen-bond acceptors (Lipinski definition) is 3. The quantitative estimate of drug-likeness (QED) is 0.883. The number of aliphatic hydroxyl groups excluding tert-OH is 1. The van der Waals surface area contributed by atoms with Gasteiger partial charge in [-0.1, -0.05) is 32.9 Å². The van der Waals surface area contributed by atoms with Gasteiger partial charge in [0.1, 0.15) is 0 Å². The summed E-state index contributed by atoms with van der Waals surface area (Å²) in [6, 6.07) is 6.21. The molecular weight excluding hydrogens is 218 g/mol. The average molecular weight is 235 g/mol. The van der Waals surface area contributed by atoms with E-state index < -0.39 is 0 Å². The van der Waals surface area contributed by atoms with E-state index in [9.17, 15) is 5.11 Å². The van der Waals surface area contributed by atoms with Crippen LogP contribution in [0.5, 0.6) is 0 Å². The van der Waals surface area contributed by atoms with E-state index in [4.69, 9.17) is 0 Å². The van der Waals surface area contributed by atoms with Crippen molar-refractivity contribution in [2.24, 2.45) is 0 Å². The van der Waals surface area contributed by atoms with Gasteiger partial charge < -0.3 is 5.11 Å². The Hall–Kier alpha value is -0.930. The van der Waals surface area contributed by atoms with E-state index >= 15 is 0 Å². The van der Waals surface area contributed by atoms with Crippen molar-refractivity contribution in [2.45, 2.75) is 32.6 Å². The molecule has 1 N–H and O–H groups in total. The lowest BCUT2D eigenvalue weighted by molar-refractivity contribution is 0.273. The van der Waals surface area contributed by atoms with Crippen LogP contribution in [0.3, 0.4) is 0 Å². The molecule has 0 radical (unpaired) electrons. The van der Waals surface area contributed by atoms with Crippen LogP contribution in [0.2, 0.25) is 0 Å². The summed E-state index contributed by atoms with van der Waals surface area (Å²) in [5.74, 6) is 0.625. The summed E-state index contributed by atoms with van der Waals surface area (Å²) < 4.78 is 1.22. The first kappa shape index (κ1) is 11.6. The summed E-state index contributed by atoms with van der Waals surface area (Å²) in [7, 11) is 0. The highest BCUT2D eigenvalue weighted by Crippen LogP contribution is 2.31. The minimum Gasteiger partial charge on any atom is -0.396 e. The number of hydrogen-bond donors (Lipinski definition) is 1. The smallest absolute Gasteiger partial charge is 0.0964 e. The maximum Gasteiger partial charge on any atom is 0.0964 e. The van der Waals surface area contributed by atoms with Crippen molar-refractivity contribution >= 4 is 21.6 Å². The van der Waals surface area contributed by atoms with Gasteiger partial charge in [0.25, 0.3) is 0 Å². The highest BCUT2D eigenvalue weighted by Gasteiger charge is 2.13. The lowest BCUT2D eigenvalue weighted by Gasteiger charge is -2.08. The Bertz CT molecular complexity index is 490. The van der Waals surface area contributed by atoms with Gasteiger partial charge >= 0.3 is 0 Å². The molecule has 1 aromatic carbocycles. The Morgan fingerprint density at radius 1 is 1.31 bits per heavy atom. The first-order chi connectivity index (χ1) is 7.63. The molecule has 1 unspecified atom stereocenters. The summed E-state index contributed by atoms with van der Waals surface area (Å²) in [6.45, 7) is 6.52. The van der Waals surface area contributed by atoms with Crippen LogP contribution in [0.25, 0.3) is 10.2 Å². The molecule has 0 saturated carbocycles. The molecular formula is C13H17NOS. The van der Waals surface area contributed by atoms with E-state index in [-0.39, 0.29) is 12.5 Å². The van der Waals surface area contributed by atoms with Gasteiger partial charge in [0, 0.05) is 18.4 Å². The third-order valence-electron chi connectivity index (χ3n) is 2.77. The summed E-state index contributed by atoms with van der Waals surface area (Å²) >= 11 is 1.75. The molecule has 2 rings (SSSR count). The van der Waals surface area contributed by atoms with E-state index in [0.717, 1.165) is 11.1 Å². The fourth-order valence-electron chi connectivity index (χ4n) is 1.73. The van der Waals surface area contributed by atoms with Crippen LogP contribution in [-0.4, -0.2) is 16.7 Å². The molecule has 0 amide bonds. The molecule has 86 valence electrons. The molecule has 0 saturated heterocycles. The number of aromatic nitrogens is 1. The van der Waals surface area contributed by atoms with Crippen molar-refractivity contribution in [1.82, 2.24) is 4.98 Å². The molecule has 1 heterocycles. The maximum atomic E-state index is 9.24. The second-order valence-electron chi connectivity index (χ2n) is 4.48. The number of para-hydroxylation sites is 1. The van der Waals surface area contributed by atoms with Crippen molar-refractivity contribution < 1.29 is 5.11 Å². The Morgan fingerprint density at radius 3 is 2.69 bits per heavy atom. The molecule has 2 aromatic rings. The monoisotopic (exact) mass is 235 g/mol. The Balaban J connectivity index is 2.58. The van der Waals surface area contributed by atoms with Gasteiger partial charge in [0.2, 0.25) is 0 Å². The highest BCUT2D eigenvalue weighted by molar-refractivity contribution is 7.18. The number of fused-ring (bicyclic) bond motifs is 1. The average Bonchev–Trinajstić information content (AvgIpc) is 2.71. The van der Waals surface area contributed by atoms with E-state index in [0.29, 0.717) is 5.92 Å². The minimum absolute atomic E-state index is 0.158. The minimum atomic E-state index is 0.158. The third-order valence-corrected chi connectivity index (χ3v) is 4.09. The molecule has 1 atom stereocenters. The van der Waals surface area contributed by atoms with Gasteiger partial charge in [0.05, 0.1) is 15.2 Å². The summed E-state index contributed by atoms with van der Waals surface area (Å²) in [5.41, 5.74) is 2.22. The standard InChI is InChI=1S/C13H17NOS/c1-8(2)13-14-12-10(9(3)7-15)5-4-6-11(12)16-13/h4-6,8-9,15H,7H2,1-3H3. The van der Waals surface area contributed by atoms with Crippen LogP contribution in [0, 0.1) is 0 Å². The van der Waals surface area contributed by atoms with Crippen molar-refractivity contribution in [2.75, 3.05) is 6.61 Å². The molecule has 0 aliphatic carbocycles. The van der Waals surface area contributed by atoms with Gasteiger partial charge in [-0.3, -0.25) is 0 Å². The second kappa shape index (κ2) is 4.52. The van der Waals surface area contributed by atoms with Crippen LogP contribution in [-0.2, 0) is 0 Å². The Morgan fingerprint density at radius 2 is 2.06 bits per heavy atom. The third kappa shape index (κ3) is 1.97. The molecule has 0 spiro atoms. The predicted molar refractivity (Wildman–Crippen MR) is 69.2 cm³/mol. The molecule has 3 heteroatoms. The lowest BCUT2D eigenvalue weighted by Crippen LogP contribution is -1.99. The Labute approximate surface area is 100.0 Å². The fraction of sp³-hybridized carbons (Fsp3) is 0.462. The van der Waals surface area contributed by atoms with Crippen molar-refractivity contribution in [3.8, 4) is 0 Å². The zero-order chi connectivity index (χ0) is 11.7. The van der Waals surface area contributed by atoms with Crippen LogP contribution in [0.1, 0.15) is 43.2 Å². The van der Waals surface area contributed by atoms with Crippen LogP contribution in [0.15, 0.2) is 18.2 Å². The number of rotatable bonds is 3. The van der Waals surface area contributed by atoms with E-state index in [2.05, 4.69) is 31.0 Å². The molecule has 0 aliphatic heterocycles. The van der Waals surface area contributed by atoms with Gasteiger partial charge in [-0.05, 0) is 11.6 Å². The molecule has 0 bridgehead atoms. The van der Waals surface area contributed by atoms with Gasteiger partial charge in [0.15, 0.2) is 0 Å². The maximum absolute atomic E-state index is 9.24. The zero-order valence-electron chi connectivity index (χ0n) is 9.90. The highest BCUT2D eigenvalue weighted by atomic mass is 32.1. The van der Waals surface area contributed by atoms with E-state index in [1.54, 1.807) is 11.3 Å². The topological polar surface area (TPSA) is 33.1 Å².